The van der Waals surface area contributed by atoms with Crippen LogP contribution >= 0.6 is 11.3 Å². The lowest BCUT2D eigenvalue weighted by molar-refractivity contribution is 0.0234. The van der Waals surface area contributed by atoms with E-state index in [9.17, 15) is 14.4 Å². The number of carbonyl (C=O) groups is 2. The highest BCUT2D eigenvalue weighted by molar-refractivity contribution is 7.07. The summed E-state index contributed by atoms with van der Waals surface area (Å²) >= 11 is 1.38. The van der Waals surface area contributed by atoms with Crippen LogP contribution in [0.4, 0.5) is 0 Å². The predicted molar refractivity (Wildman–Crippen MR) is 88.0 cm³/mol. The minimum absolute atomic E-state index is 0.120. The smallest absolute Gasteiger partial charge is 0.274 e. The topological polar surface area (TPSA) is 99.3 Å². The second-order valence-electron chi connectivity index (χ2n) is 5.66. The second-order valence-corrected chi connectivity index (χ2v) is 6.38. The summed E-state index contributed by atoms with van der Waals surface area (Å²) in [7, 11) is 0. The van der Waals surface area contributed by atoms with Crippen LogP contribution in [-0.4, -0.2) is 62.0 Å². The van der Waals surface area contributed by atoms with Gasteiger partial charge in [-0.3, -0.25) is 14.4 Å². The van der Waals surface area contributed by atoms with Gasteiger partial charge in [0, 0.05) is 36.6 Å². The van der Waals surface area contributed by atoms with Gasteiger partial charge < -0.3 is 9.80 Å². The molecular formula is C15H17N5O3S. The Morgan fingerprint density at radius 2 is 1.75 bits per heavy atom. The Balaban J connectivity index is 1.76. The molecule has 8 nitrogen and oxygen atoms in total. The van der Waals surface area contributed by atoms with Gasteiger partial charge in [0.1, 0.15) is 11.4 Å². The Hall–Kier alpha value is -2.55. The van der Waals surface area contributed by atoms with Gasteiger partial charge in [0.25, 0.3) is 17.4 Å². The predicted octanol–water partition coefficient (Wildman–Crippen LogP) is 0.602. The van der Waals surface area contributed by atoms with Gasteiger partial charge >= 0.3 is 0 Å². The van der Waals surface area contributed by atoms with Gasteiger partial charge in [-0.15, -0.1) is 11.3 Å². The van der Waals surface area contributed by atoms with E-state index in [2.05, 4.69) is 15.2 Å². The van der Waals surface area contributed by atoms with E-state index in [0.29, 0.717) is 18.8 Å². The summed E-state index contributed by atoms with van der Waals surface area (Å²) in [5.74, 6) is -0.378. The van der Waals surface area contributed by atoms with Crippen LogP contribution in [0.25, 0.3) is 0 Å². The van der Waals surface area contributed by atoms with Crippen LogP contribution < -0.4 is 5.56 Å². The Labute approximate surface area is 142 Å². The van der Waals surface area contributed by atoms with E-state index in [-0.39, 0.29) is 35.2 Å². The summed E-state index contributed by atoms with van der Waals surface area (Å²) in [6.45, 7) is 4.64. The largest absolute Gasteiger partial charge is 0.331 e. The van der Waals surface area contributed by atoms with Crippen LogP contribution in [0, 0.1) is 0 Å². The molecule has 1 saturated heterocycles. The Kier molecular flexibility index (Phi) is 4.43. The van der Waals surface area contributed by atoms with E-state index in [1.807, 2.05) is 13.8 Å². The van der Waals surface area contributed by atoms with E-state index < -0.39 is 0 Å². The maximum absolute atomic E-state index is 12.6. The van der Waals surface area contributed by atoms with E-state index in [1.54, 1.807) is 20.7 Å². The third kappa shape index (κ3) is 2.94. The number of carbonyl (C=O) groups excluding carboxylic acids is 2. The van der Waals surface area contributed by atoms with Crippen molar-refractivity contribution in [3.05, 3.63) is 44.8 Å². The quantitative estimate of drug-likeness (QED) is 0.858. The Bertz CT molecular complexity index is 783. The van der Waals surface area contributed by atoms with Gasteiger partial charge in [-0.25, -0.2) is 10.1 Å². The van der Waals surface area contributed by atoms with Gasteiger partial charge in [-0.05, 0) is 19.9 Å². The molecule has 1 aliphatic heterocycles. The van der Waals surface area contributed by atoms with Crippen molar-refractivity contribution in [1.82, 2.24) is 25.0 Å². The molecule has 24 heavy (non-hydrogen) atoms. The lowest BCUT2D eigenvalue weighted by atomic mass is 10.0. The van der Waals surface area contributed by atoms with Crippen molar-refractivity contribution in [3.63, 3.8) is 0 Å². The zero-order valence-electron chi connectivity index (χ0n) is 13.3. The minimum Gasteiger partial charge on any atom is -0.331 e. The molecule has 3 heterocycles. The zero-order chi connectivity index (χ0) is 17.3. The number of hydrogen-bond donors (Lipinski definition) is 1. The maximum Gasteiger partial charge on any atom is 0.274 e. The first-order valence-electron chi connectivity index (χ1n) is 7.55. The fourth-order valence-electron chi connectivity index (χ4n) is 2.79. The number of hydrogen-bond acceptors (Lipinski definition) is 6. The van der Waals surface area contributed by atoms with Gasteiger partial charge in [0.15, 0.2) is 0 Å². The normalized spacial score (nSPS) is 20.9. The fourth-order valence-corrected chi connectivity index (χ4v) is 3.32. The second kappa shape index (κ2) is 6.52. The van der Waals surface area contributed by atoms with E-state index in [0.717, 1.165) is 0 Å². The molecule has 2 amide bonds. The molecule has 0 aromatic carbocycles. The standard InChI is InChI=1S/C15H17N5O3S/c1-9-10(2)20(15(23)12-7-24-8-16-12)6-5-19(9)14(22)11-3-4-13(21)18-17-11/h3-4,7-10H,5-6H2,1-2H3,(H,18,21)/t9-,10+/m0/s1. The number of piperazine rings is 1. The molecule has 3 rings (SSSR count). The van der Waals surface area contributed by atoms with Crippen molar-refractivity contribution in [2.75, 3.05) is 13.1 Å². The average Bonchev–Trinajstić information content (AvgIpc) is 3.11. The van der Waals surface area contributed by atoms with Crippen LogP contribution in [0.2, 0.25) is 0 Å². The van der Waals surface area contributed by atoms with Crippen molar-refractivity contribution in [2.24, 2.45) is 0 Å². The van der Waals surface area contributed by atoms with Gasteiger partial charge in [-0.1, -0.05) is 0 Å². The summed E-state index contributed by atoms with van der Waals surface area (Å²) in [5, 5.41) is 7.78. The summed E-state index contributed by atoms with van der Waals surface area (Å²) < 4.78 is 0. The maximum atomic E-state index is 12.6. The van der Waals surface area contributed by atoms with Crippen LogP contribution in [-0.2, 0) is 0 Å². The minimum atomic E-state index is -0.355. The molecule has 2 atom stereocenters. The molecule has 0 bridgehead atoms. The molecule has 0 unspecified atom stereocenters. The molecule has 1 aliphatic rings. The average molecular weight is 347 g/mol. The molecule has 0 spiro atoms. The first-order valence-corrected chi connectivity index (χ1v) is 8.49. The van der Waals surface area contributed by atoms with Crippen LogP contribution in [0.3, 0.4) is 0 Å². The molecule has 1 N–H and O–H groups in total. The number of thiazole rings is 1. The molecule has 1 fully saturated rings. The lowest BCUT2D eigenvalue weighted by Gasteiger charge is -2.44. The lowest BCUT2D eigenvalue weighted by Crippen LogP contribution is -2.60. The van der Waals surface area contributed by atoms with Crippen molar-refractivity contribution in [1.29, 1.82) is 0 Å². The Morgan fingerprint density at radius 3 is 2.25 bits per heavy atom. The number of aromatic amines is 1. The monoisotopic (exact) mass is 347 g/mol. The number of nitrogens with zero attached hydrogens (tertiary/aromatic N) is 4. The molecule has 0 aliphatic carbocycles. The molecule has 9 heteroatoms. The van der Waals surface area contributed by atoms with Gasteiger partial charge in [0.2, 0.25) is 0 Å². The van der Waals surface area contributed by atoms with E-state index in [4.69, 9.17) is 0 Å². The van der Waals surface area contributed by atoms with Crippen LogP contribution in [0.1, 0.15) is 34.8 Å². The first-order chi connectivity index (χ1) is 11.5. The SMILES string of the molecule is C[C@@H]1[C@H](C)N(C(=O)c2ccc(=O)[nH]n2)CCN1C(=O)c1cscn1. The summed E-state index contributed by atoms with van der Waals surface area (Å²) in [4.78, 5) is 43.7. The van der Waals surface area contributed by atoms with Crippen molar-refractivity contribution in [3.8, 4) is 0 Å². The van der Waals surface area contributed by atoms with Crippen molar-refractivity contribution < 1.29 is 9.59 Å². The van der Waals surface area contributed by atoms with E-state index >= 15 is 0 Å². The highest BCUT2D eigenvalue weighted by Crippen LogP contribution is 2.21. The zero-order valence-corrected chi connectivity index (χ0v) is 14.1. The molecular weight excluding hydrogens is 330 g/mol. The van der Waals surface area contributed by atoms with Crippen molar-refractivity contribution in [2.45, 2.75) is 25.9 Å². The first kappa shape index (κ1) is 16.3. The highest BCUT2D eigenvalue weighted by Gasteiger charge is 2.37. The third-order valence-electron chi connectivity index (χ3n) is 4.33. The van der Waals surface area contributed by atoms with Crippen LogP contribution in [0.5, 0.6) is 0 Å². The van der Waals surface area contributed by atoms with Crippen molar-refractivity contribution >= 4 is 23.2 Å². The number of amides is 2. The third-order valence-corrected chi connectivity index (χ3v) is 4.92. The molecule has 0 radical (unpaired) electrons. The van der Waals surface area contributed by atoms with E-state index in [1.165, 1.54) is 23.5 Å². The molecule has 2 aromatic rings. The molecule has 0 saturated carbocycles. The van der Waals surface area contributed by atoms with Gasteiger partial charge in [0.05, 0.1) is 5.51 Å². The molecule has 2 aromatic heterocycles. The number of H-pyrrole nitrogens is 1. The number of rotatable bonds is 2. The summed E-state index contributed by atoms with van der Waals surface area (Å²) in [6.07, 6.45) is 0. The molecule has 126 valence electrons. The summed E-state index contributed by atoms with van der Waals surface area (Å²) in [6, 6.07) is 2.35. The summed E-state index contributed by atoms with van der Waals surface area (Å²) in [5.41, 5.74) is 1.89. The highest BCUT2D eigenvalue weighted by atomic mass is 32.1. The van der Waals surface area contributed by atoms with Gasteiger partial charge in [-0.2, -0.15) is 5.10 Å². The fraction of sp³-hybridized carbons (Fsp3) is 0.400. The number of aromatic nitrogens is 3. The Morgan fingerprint density at radius 1 is 1.12 bits per heavy atom. The van der Waals surface area contributed by atoms with Crippen LogP contribution in [0.15, 0.2) is 27.8 Å². The number of nitrogens with one attached hydrogen (secondary N) is 1.